The Bertz CT molecular complexity index is 2440. The zero-order valence-corrected chi connectivity index (χ0v) is 41.9. The van der Waals surface area contributed by atoms with Crippen LogP contribution in [0.2, 0.25) is 0 Å². The molecule has 0 aliphatic carbocycles. The molecular formula is C58H74N4. The summed E-state index contributed by atoms with van der Waals surface area (Å²) in [6.45, 7) is 45.3. The second-order valence-corrected chi connectivity index (χ2v) is 24.1. The van der Waals surface area contributed by atoms with Crippen LogP contribution in [0.4, 0.5) is 0 Å². The molecule has 62 heavy (non-hydrogen) atoms. The van der Waals surface area contributed by atoms with Crippen molar-refractivity contribution in [1.82, 2.24) is 19.9 Å². The molecule has 0 fully saturated rings. The van der Waals surface area contributed by atoms with Crippen LogP contribution in [0.1, 0.15) is 169 Å². The van der Waals surface area contributed by atoms with E-state index in [4.69, 9.17) is 19.9 Å². The fourth-order valence-electron chi connectivity index (χ4n) is 7.74. The average molecular weight is 827 g/mol. The van der Waals surface area contributed by atoms with Crippen LogP contribution in [-0.4, -0.2) is 19.9 Å². The standard InChI is InChI=1S/C58H74N4/c1-35-21-22-49(36(2)59-35)39-23-37(38-26-43(53(3,4)5)32-44(27-38)54(6,7)8)24-40(25-39)50-60-51(41-28-45(55(9,10)11)33-46(29-41)56(12,13)14)62-52(61-50)42-30-47(57(15,16)17)34-48(31-42)58(18,19)20/h21-34H,1-20H3. The first-order valence-electron chi connectivity index (χ1n) is 22.6. The van der Waals surface area contributed by atoms with Crippen LogP contribution in [0.5, 0.6) is 0 Å². The van der Waals surface area contributed by atoms with Crippen LogP contribution < -0.4 is 0 Å². The van der Waals surface area contributed by atoms with E-state index >= 15 is 0 Å². The highest BCUT2D eigenvalue weighted by molar-refractivity contribution is 5.82. The minimum absolute atomic E-state index is 0.0348. The molecule has 0 atom stereocenters. The molecule has 0 N–H and O–H groups in total. The first kappa shape index (κ1) is 46.5. The van der Waals surface area contributed by atoms with Crippen molar-refractivity contribution in [3.8, 4) is 56.4 Å². The average Bonchev–Trinajstić information content (AvgIpc) is 3.15. The van der Waals surface area contributed by atoms with E-state index in [1.54, 1.807) is 0 Å². The lowest BCUT2D eigenvalue weighted by atomic mass is 9.78. The molecule has 0 spiro atoms. The first-order chi connectivity index (χ1) is 28.3. The van der Waals surface area contributed by atoms with Gasteiger partial charge >= 0.3 is 0 Å². The molecule has 0 saturated heterocycles. The summed E-state index contributed by atoms with van der Waals surface area (Å²) in [5.41, 5.74) is 16.7. The molecular weight excluding hydrogens is 753 g/mol. The van der Waals surface area contributed by atoms with E-state index in [9.17, 15) is 0 Å². The maximum absolute atomic E-state index is 5.47. The van der Waals surface area contributed by atoms with Gasteiger partial charge in [0.15, 0.2) is 17.5 Å². The summed E-state index contributed by atoms with van der Waals surface area (Å²) in [7, 11) is 0. The van der Waals surface area contributed by atoms with E-state index in [-0.39, 0.29) is 32.5 Å². The summed E-state index contributed by atoms with van der Waals surface area (Å²) < 4.78 is 0. The maximum Gasteiger partial charge on any atom is 0.164 e. The summed E-state index contributed by atoms with van der Waals surface area (Å²) in [5, 5.41) is 0. The molecule has 0 aliphatic rings. The van der Waals surface area contributed by atoms with Crippen LogP contribution in [0.3, 0.4) is 0 Å². The van der Waals surface area contributed by atoms with Crippen molar-refractivity contribution in [3.05, 3.63) is 130 Å². The van der Waals surface area contributed by atoms with Crippen LogP contribution in [0, 0.1) is 13.8 Å². The molecule has 2 heterocycles. The van der Waals surface area contributed by atoms with Crippen molar-refractivity contribution in [2.24, 2.45) is 0 Å². The van der Waals surface area contributed by atoms with Crippen LogP contribution in [-0.2, 0) is 32.5 Å². The summed E-state index contributed by atoms with van der Waals surface area (Å²) in [6, 6.07) is 32.2. The molecule has 2 aromatic heterocycles. The molecule has 6 rings (SSSR count). The van der Waals surface area contributed by atoms with Crippen LogP contribution in [0.25, 0.3) is 56.4 Å². The maximum atomic E-state index is 5.47. The van der Waals surface area contributed by atoms with E-state index in [1.165, 1.54) is 38.9 Å². The molecule has 326 valence electrons. The molecule has 0 saturated carbocycles. The summed E-state index contributed by atoms with van der Waals surface area (Å²) >= 11 is 0. The second-order valence-electron chi connectivity index (χ2n) is 24.1. The van der Waals surface area contributed by atoms with Crippen molar-refractivity contribution in [3.63, 3.8) is 0 Å². The molecule has 0 aliphatic heterocycles. The number of pyridine rings is 1. The minimum atomic E-state index is -0.0754. The van der Waals surface area contributed by atoms with E-state index in [1.807, 2.05) is 0 Å². The zero-order valence-electron chi connectivity index (χ0n) is 41.9. The SMILES string of the molecule is Cc1ccc(-c2cc(-c3cc(C(C)(C)C)cc(C(C)(C)C)c3)cc(-c3nc(-c4cc(C(C)(C)C)cc(C(C)(C)C)c4)nc(-c4cc(C(C)(C)C)cc(C(C)(C)C)c4)n3)c2)c(C)n1. The van der Waals surface area contributed by atoms with Gasteiger partial charge in [-0.15, -0.1) is 0 Å². The molecule has 4 heteroatoms. The van der Waals surface area contributed by atoms with Gasteiger partial charge in [-0.3, -0.25) is 4.98 Å². The van der Waals surface area contributed by atoms with Crippen molar-refractivity contribution in [2.75, 3.05) is 0 Å². The number of rotatable bonds is 5. The van der Waals surface area contributed by atoms with Crippen LogP contribution >= 0.6 is 0 Å². The van der Waals surface area contributed by atoms with Crippen molar-refractivity contribution >= 4 is 0 Å². The Morgan fingerprint density at radius 1 is 0.274 bits per heavy atom. The Morgan fingerprint density at radius 3 is 0.839 bits per heavy atom. The number of nitrogens with zero attached hydrogens (tertiary/aromatic N) is 4. The van der Waals surface area contributed by atoms with E-state index < -0.39 is 0 Å². The summed E-state index contributed by atoms with van der Waals surface area (Å²) in [4.78, 5) is 21.3. The number of aromatic nitrogens is 4. The van der Waals surface area contributed by atoms with Gasteiger partial charge in [0.2, 0.25) is 0 Å². The monoisotopic (exact) mass is 827 g/mol. The summed E-state index contributed by atoms with van der Waals surface area (Å²) in [5.74, 6) is 1.99. The quantitative estimate of drug-likeness (QED) is 0.174. The molecule has 4 nitrogen and oxygen atoms in total. The Labute approximate surface area is 375 Å². The molecule has 4 aromatic carbocycles. The number of aryl methyl sites for hydroxylation is 2. The first-order valence-corrected chi connectivity index (χ1v) is 22.6. The second kappa shape index (κ2) is 16.0. The number of hydrogen-bond donors (Lipinski definition) is 0. The van der Waals surface area contributed by atoms with Crippen molar-refractivity contribution < 1.29 is 0 Å². The lowest BCUT2D eigenvalue weighted by Crippen LogP contribution is -2.17. The predicted octanol–water partition coefficient (Wildman–Crippen LogP) is 16.0. The van der Waals surface area contributed by atoms with Gasteiger partial charge in [0.25, 0.3) is 0 Å². The molecule has 6 aromatic rings. The largest absolute Gasteiger partial charge is 0.258 e. The molecule has 0 radical (unpaired) electrons. The summed E-state index contributed by atoms with van der Waals surface area (Å²) in [6.07, 6.45) is 0. The van der Waals surface area contributed by atoms with Crippen LogP contribution in [0.15, 0.2) is 84.9 Å². The predicted molar refractivity (Wildman–Crippen MR) is 266 cm³/mol. The molecule has 0 unspecified atom stereocenters. The van der Waals surface area contributed by atoms with Crippen molar-refractivity contribution in [1.29, 1.82) is 0 Å². The van der Waals surface area contributed by atoms with Gasteiger partial charge < -0.3 is 0 Å². The smallest absolute Gasteiger partial charge is 0.164 e. The lowest BCUT2D eigenvalue weighted by molar-refractivity contribution is 0.568. The van der Waals surface area contributed by atoms with E-state index in [0.717, 1.165) is 44.8 Å². The van der Waals surface area contributed by atoms with Gasteiger partial charge in [-0.2, -0.15) is 0 Å². The normalized spacial score (nSPS) is 13.2. The fraction of sp³-hybridized carbons (Fsp3) is 0.448. The highest BCUT2D eigenvalue weighted by Crippen LogP contribution is 2.40. The zero-order chi connectivity index (χ0) is 46.1. The van der Waals surface area contributed by atoms with Gasteiger partial charge in [-0.1, -0.05) is 161 Å². The lowest BCUT2D eigenvalue weighted by Gasteiger charge is -2.27. The topological polar surface area (TPSA) is 51.6 Å². The Hall–Kier alpha value is -4.96. The third kappa shape index (κ3) is 10.4. The fourth-order valence-corrected chi connectivity index (χ4v) is 7.74. The molecule has 0 bridgehead atoms. The molecule has 0 amide bonds. The third-order valence-electron chi connectivity index (χ3n) is 12.2. The Morgan fingerprint density at radius 2 is 0.532 bits per heavy atom. The van der Waals surface area contributed by atoms with E-state index in [0.29, 0.717) is 17.5 Å². The van der Waals surface area contributed by atoms with Gasteiger partial charge in [0, 0.05) is 33.6 Å². The Balaban J connectivity index is 1.75. The minimum Gasteiger partial charge on any atom is -0.258 e. The third-order valence-corrected chi connectivity index (χ3v) is 12.2. The van der Waals surface area contributed by atoms with Gasteiger partial charge in [0.05, 0.1) is 0 Å². The number of benzene rings is 4. The highest BCUT2D eigenvalue weighted by atomic mass is 15.0. The van der Waals surface area contributed by atoms with E-state index in [2.05, 4.69) is 223 Å². The Kier molecular flexibility index (Phi) is 12.0. The van der Waals surface area contributed by atoms with Gasteiger partial charge in [0.1, 0.15) is 0 Å². The van der Waals surface area contributed by atoms with Gasteiger partial charge in [-0.25, -0.2) is 15.0 Å². The van der Waals surface area contributed by atoms with Gasteiger partial charge in [-0.05, 0) is 145 Å². The highest BCUT2D eigenvalue weighted by Gasteiger charge is 2.26. The number of hydrogen-bond acceptors (Lipinski definition) is 4. The van der Waals surface area contributed by atoms with Crippen molar-refractivity contribution in [2.45, 2.75) is 171 Å².